The molecule has 4 unspecified atom stereocenters. The Hall–Kier alpha value is -1.16. The largest absolute Gasteiger partial charge is 0.392 e. The highest BCUT2D eigenvalue weighted by molar-refractivity contribution is 5.30. The Kier molecular flexibility index (Phi) is 9.85. The third-order valence-corrected chi connectivity index (χ3v) is 4.10. The quantitative estimate of drug-likeness (QED) is 0.219. The number of hydrogen-bond acceptors (Lipinski definition) is 5. The van der Waals surface area contributed by atoms with Crippen LogP contribution in [-0.2, 0) is 0 Å². The molecule has 0 heterocycles. The van der Waals surface area contributed by atoms with Crippen molar-refractivity contribution >= 4 is 0 Å². The fraction of sp³-hybridized carbons (Fsp3) is 0.667. The van der Waals surface area contributed by atoms with E-state index >= 15 is 0 Å². The third-order valence-electron chi connectivity index (χ3n) is 4.10. The lowest BCUT2D eigenvalue weighted by Crippen LogP contribution is -2.53. The number of nitrogens with one attached hydrogen (secondary N) is 2. The number of hydrogen-bond donors (Lipinski definition) is 5. The number of unbranched alkanes of at least 4 members (excludes halogenated alkanes) is 1. The zero-order valence-electron chi connectivity index (χ0n) is 14.3. The maximum Gasteiger partial charge on any atom is 0.121 e. The summed E-state index contributed by atoms with van der Waals surface area (Å²) >= 11 is 0. The molecule has 0 aliphatic heterocycles. The SMILES string of the molecule is CNC(CC1=CC=CC#CC1)C(O)NC(CCCCN)C(C)O. The zero-order valence-corrected chi connectivity index (χ0v) is 14.3. The summed E-state index contributed by atoms with van der Waals surface area (Å²) in [5.74, 6) is 6.02. The van der Waals surface area contributed by atoms with Gasteiger partial charge in [0.2, 0.25) is 0 Å². The summed E-state index contributed by atoms with van der Waals surface area (Å²) in [5.41, 5.74) is 6.70. The van der Waals surface area contributed by atoms with Crippen molar-refractivity contribution in [3.63, 3.8) is 0 Å². The molecule has 0 saturated heterocycles. The summed E-state index contributed by atoms with van der Waals surface area (Å²) in [6.45, 7) is 2.40. The molecular weight excluding hydrogens is 290 g/mol. The van der Waals surface area contributed by atoms with E-state index in [1.54, 1.807) is 6.92 Å². The average molecular weight is 321 g/mol. The highest BCUT2D eigenvalue weighted by Gasteiger charge is 2.24. The fourth-order valence-corrected chi connectivity index (χ4v) is 2.62. The zero-order chi connectivity index (χ0) is 17.1. The van der Waals surface area contributed by atoms with Gasteiger partial charge in [0.05, 0.1) is 12.1 Å². The maximum atomic E-state index is 10.5. The van der Waals surface area contributed by atoms with Gasteiger partial charge >= 0.3 is 0 Å². The maximum absolute atomic E-state index is 10.5. The minimum absolute atomic E-state index is 0.134. The normalized spacial score (nSPS) is 19.1. The lowest BCUT2D eigenvalue weighted by atomic mass is 10.00. The fourth-order valence-electron chi connectivity index (χ4n) is 2.62. The van der Waals surface area contributed by atoms with Crippen molar-refractivity contribution in [1.29, 1.82) is 0 Å². The molecule has 0 aromatic heterocycles. The number of aliphatic hydroxyl groups excluding tert-OH is 2. The lowest BCUT2D eigenvalue weighted by Gasteiger charge is -2.30. The molecule has 0 aromatic carbocycles. The predicted octanol–water partition coefficient (Wildman–Crippen LogP) is 0.641. The summed E-state index contributed by atoms with van der Waals surface area (Å²) in [6, 6.07) is -0.277. The van der Waals surface area contributed by atoms with Crippen LogP contribution in [-0.4, -0.2) is 48.2 Å². The lowest BCUT2D eigenvalue weighted by molar-refractivity contribution is 0.0470. The molecule has 5 heteroatoms. The van der Waals surface area contributed by atoms with Crippen LogP contribution in [0.15, 0.2) is 23.8 Å². The van der Waals surface area contributed by atoms with E-state index in [0.717, 1.165) is 19.3 Å². The van der Waals surface area contributed by atoms with Crippen molar-refractivity contribution in [2.45, 2.75) is 63.4 Å². The molecule has 1 rings (SSSR count). The molecule has 23 heavy (non-hydrogen) atoms. The minimum atomic E-state index is -0.737. The van der Waals surface area contributed by atoms with Crippen LogP contribution in [0.25, 0.3) is 0 Å². The van der Waals surface area contributed by atoms with Crippen molar-refractivity contribution in [3.8, 4) is 11.8 Å². The minimum Gasteiger partial charge on any atom is -0.392 e. The molecule has 5 nitrogen and oxygen atoms in total. The smallest absolute Gasteiger partial charge is 0.121 e. The highest BCUT2D eigenvalue weighted by atomic mass is 16.3. The van der Waals surface area contributed by atoms with E-state index in [4.69, 9.17) is 5.73 Å². The topological polar surface area (TPSA) is 90.5 Å². The van der Waals surface area contributed by atoms with Crippen LogP contribution < -0.4 is 16.4 Å². The Bertz CT molecular complexity index is 449. The van der Waals surface area contributed by atoms with Crippen LogP contribution in [0.1, 0.15) is 39.0 Å². The number of aliphatic hydroxyl groups is 2. The summed E-state index contributed by atoms with van der Waals surface area (Å²) < 4.78 is 0. The first-order valence-electron chi connectivity index (χ1n) is 8.41. The summed E-state index contributed by atoms with van der Waals surface area (Å²) in [5, 5.41) is 26.7. The van der Waals surface area contributed by atoms with Crippen molar-refractivity contribution < 1.29 is 10.2 Å². The Morgan fingerprint density at radius 2 is 2.09 bits per heavy atom. The summed E-state index contributed by atoms with van der Waals surface area (Å²) in [6.07, 6.45) is 8.62. The average Bonchev–Trinajstić information content (AvgIpc) is 2.80. The predicted molar refractivity (Wildman–Crippen MR) is 94.6 cm³/mol. The van der Waals surface area contributed by atoms with Gasteiger partial charge in [-0.1, -0.05) is 36.0 Å². The Morgan fingerprint density at radius 3 is 2.74 bits per heavy atom. The molecule has 0 bridgehead atoms. The van der Waals surface area contributed by atoms with Gasteiger partial charge in [0, 0.05) is 12.5 Å². The van der Waals surface area contributed by atoms with Crippen molar-refractivity contribution in [2.75, 3.05) is 13.6 Å². The van der Waals surface area contributed by atoms with Gasteiger partial charge in [0.25, 0.3) is 0 Å². The molecule has 1 aliphatic rings. The van der Waals surface area contributed by atoms with E-state index in [2.05, 4.69) is 22.5 Å². The molecule has 0 saturated carbocycles. The highest BCUT2D eigenvalue weighted by Crippen LogP contribution is 2.14. The van der Waals surface area contributed by atoms with Crippen LogP contribution in [0.3, 0.4) is 0 Å². The first kappa shape index (κ1) is 19.9. The molecule has 4 atom stereocenters. The van der Waals surface area contributed by atoms with Gasteiger partial charge in [-0.05, 0) is 45.9 Å². The monoisotopic (exact) mass is 321 g/mol. The van der Waals surface area contributed by atoms with Gasteiger partial charge in [-0.2, -0.15) is 0 Å². The second-order valence-electron chi connectivity index (χ2n) is 6.02. The molecule has 0 fully saturated rings. The summed E-state index contributed by atoms with van der Waals surface area (Å²) in [4.78, 5) is 0. The number of nitrogens with two attached hydrogens (primary N) is 1. The molecule has 0 amide bonds. The van der Waals surface area contributed by atoms with Crippen LogP contribution in [0.5, 0.6) is 0 Å². The van der Waals surface area contributed by atoms with Gasteiger partial charge in [-0.15, -0.1) is 0 Å². The second-order valence-corrected chi connectivity index (χ2v) is 6.02. The molecule has 6 N–H and O–H groups in total. The Balaban J connectivity index is 2.56. The van der Waals surface area contributed by atoms with Crippen LogP contribution in [0.4, 0.5) is 0 Å². The van der Waals surface area contributed by atoms with Gasteiger partial charge < -0.3 is 21.3 Å². The molecule has 1 aliphatic carbocycles. The van der Waals surface area contributed by atoms with Gasteiger partial charge in [-0.3, -0.25) is 5.32 Å². The van der Waals surface area contributed by atoms with E-state index in [1.165, 1.54) is 5.57 Å². The third kappa shape index (κ3) is 7.78. The van der Waals surface area contributed by atoms with Gasteiger partial charge in [0.1, 0.15) is 6.23 Å². The van der Waals surface area contributed by atoms with E-state index in [1.807, 2.05) is 25.3 Å². The van der Waals surface area contributed by atoms with Gasteiger partial charge in [-0.25, -0.2) is 0 Å². The van der Waals surface area contributed by atoms with E-state index in [0.29, 0.717) is 19.4 Å². The number of likely N-dealkylation sites (N-methyl/N-ethyl adjacent to an activating group) is 1. The summed E-state index contributed by atoms with van der Waals surface area (Å²) in [7, 11) is 1.83. The second kappa shape index (κ2) is 11.4. The Labute approximate surface area is 140 Å². The first-order chi connectivity index (χ1) is 11.1. The molecular formula is C18H31N3O2. The number of allylic oxidation sites excluding steroid dienone is 3. The van der Waals surface area contributed by atoms with Crippen LogP contribution >= 0.6 is 0 Å². The van der Waals surface area contributed by atoms with Crippen LogP contribution in [0, 0.1) is 11.8 Å². The molecule has 130 valence electrons. The Morgan fingerprint density at radius 1 is 1.30 bits per heavy atom. The van der Waals surface area contributed by atoms with Crippen LogP contribution in [0.2, 0.25) is 0 Å². The first-order valence-corrected chi connectivity index (χ1v) is 8.41. The standard InChI is InChI=1S/C18H31N3O2/c1-14(22)16(11-7-8-12-19)21-18(23)17(20-2)13-15-9-5-3-4-6-10-15/h3,5,9,14,16-18,20-23H,7-8,10-13,19H2,1-2H3. The number of rotatable bonds is 11. The van der Waals surface area contributed by atoms with Crippen molar-refractivity contribution in [3.05, 3.63) is 23.8 Å². The van der Waals surface area contributed by atoms with E-state index < -0.39 is 12.3 Å². The molecule has 0 radical (unpaired) electrons. The van der Waals surface area contributed by atoms with Gasteiger partial charge in [0.15, 0.2) is 0 Å². The van der Waals surface area contributed by atoms with E-state index in [-0.39, 0.29) is 12.1 Å². The molecule has 0 spiro atoms. The van der Waals surface area contributed by atoms with E-state index in [9.17, 15) is 10.2 Å². The van der Waals surface area contributed by atoms with Crippen molar-refractivity contribution in [1.82, 2.24) is 10.6 Å². The molecule has 0 aromatic rings. The van der Waals surface area contributed by atoms with Crippen molar-refractivity contribution in [2.24, 2.45) is 5.73 Å².